The third-order valence-corrected chi connectivity index (χ3v) is 6.63. The first-order chi connectivity index (χ1) is 14.4. The lowest BCUT2D eigenvalue weighted by atomic mass is 9.80. The Bertz CT molecular complexity index is 1180. The third-order valence-electron chi connectivity index (χ3n) is 6.63. The number of nitrogen functional groups attached to an aromatic ring is 1. The largest absolute Gasteiger partial charge is 0.384 e. The number of fused-ring (bicyclic) bond motifs is 1. The van der Waals surface area contributed by atoms with Crippen molar-refractivity contribution in [2.45, 2.75) is 64.0 Å². The summed E-state index contributed by atoms with van der Waals surface area (Å²) in [5.74, 6) is -2.45. The lowest BCUT2D eigenvalue weighted by Gasteiger charge is -2.35. The van der Waals surface area contributed by atoms with Gasteiger partial charge in [-0.3, -0.25) is 14.6 Å². The number of nitrogens with one attached hydrogen (secondary N) is 1. The summed E-state index contributed by atoms with van der Waals surface area (Å²) in [5, 5.41) is 22.8. The Morgan fingerprint density at radius 1 is 1.23 bits per heavy atom. The molecule has 3 heterocycles. The molecular formula is C21H28F2N6O2. The number of rotatable bonds is 4. The fourth-order valence-corrected chi connectivity index (χ4v) is 4.30. The molecule has 168 valence electrons. The number of aromatic nitrogens is 5. The van der Waals surface area contributed by atoms with Crippen LogP contribution < -0.4 is 11.3 Å². The van der Waals surface area contributed by atoms with Crippen molar-refractivity contribution in [1.29, 1.82) is 0 Å². The van der Waals surface area contributed by atoms with Gasteiger partial charge in [0.2, 0.25) is 5.92 Å². The van der Waals surface area contributed by atoms with E-state index in [9.17, 15) is 18.7 Å². The number of aromatic amines is 1. The van der Waals surface area contributed by atoms with E-state index in [2.05, 4.69) is 15.3 Å². The number of H-pyrrole nitrogens is 1. The van der Waals surface area contributed by atoms with Crippen molar-refractivity contribution in [3.05, 3.63) is 28.3 Å². The minimum absolute atomic E-state index is 0.0464. The molecule has 31 heavy (non-hydrogen) atoms. The molecule has 1 fully saturated rings. The lowest BCUT2D eigenvalue weighted by Crippen LogP contribution is -2.37. The van der Waals surface area contributed by atoms with Gasteiger partial charge in [0.15, 0.2) is 5.82 Å². The number of nitrogens with zero attached hydrogens (tertiary/aromatic N) is 4. The Hall–Kier alpha value is -2.75. The molecular weight excluding hydrogens is 406 g/mol. The number of aliphatic hydroxyl groups is 1. The maximum Gasteiger partial charge on any atom is 0.264 e. The van der Waals surface area contributed by atoms with Crippen molar-refractivity contribution in [1.82, 2.24) is 24.5 Å². The van der Waals surface area contributed by atoms with Crippen LogP contribution in [0.2, 0.25) is 0 Å². The summed E-state index contributed by atoms with van der Waals surface area (Å²) < 4.78 is 30.4. The van der Waals surface area contributed by atoms with Gasteiger partial charge in [0.1, 0.15) is 11.0 Å². The maximum absolute atomic E-state index is 13.6. The Balaban J connectivity index is 1.86. The number of halogens is 2. The first-order valence-electron chi connectivity index (χ1n) is 10.5. The molecule has 0 spiro atoms. The van der Waals surface area contributed by atoms with Crippen molar-refractivity contribution < 1.29 is 13.9 Å². The van der Waals surface area contributed by atoms with E-state index >= 15 is 0 Å². The highest BCUT2D eigenvalue weighted by molar-refractivity contribution is 5.97. The molecule has 1 aliphatic carbocycles. The summed E-state index contributed by atoms with van der Waals surface area (Å²) in [6.45, 7) is 5.99. The molecule has 0 aromatic carbocycles. The van der Waals surface area contributed by atoms with Crippen LogP contribution in [-0.2, 0) is 12.6 Å². The van der Waals surface area contributed by atoms with E-state index in [0.29, 0.717) is 22.5 Å². The zero-order chi connectivity index (χ0) is 22.7. The van der Waals surface area contributed by atoms with Gasteiger partial charge in [-0.05, 0) is 31.7 Å². The van der Waals surface area contributed by atoms with Crippen molar-refractivity contribution in [3.8, 4) is 11.3 Å². The van der Waals surface area contributed by atoms with Crippen LogP contribution in [0.15, 0.2) is 17.1 Å². The number of aryl methyl sites for hydroxylation is 1. The highest BCUT2D eigenvalue weighted by atomic mass is 19.3. The SMILES string of the molecule is CC(C)[C@H](C)n1cc(-c2cc(C3(O)CCC(F)(F)CC3)n(C)n2)c2[nH]nc(N)c2c1=O. The number of hydrogen-bond acceptors (Lipinski definition) is 5. The molecule has 0 amide bonds. The predicted octanol–water partition coefficient (Wildman–Crippen LogP) is 3.32. The van der Waals surface area contributed by atoms with Gasteiger partial charge in [0, 0.05) is 37.7 Å². The van der Waals surface area contributed by atoms with Crippen LogP contribution in [0.25, 0.3) is 22.2 Å². The summed E-state index contributed by atoms with van der Waals surface area (Å²) in [6, 6.07) is 1.60. The van der Waals surface area contributed by atoms with Crippen LogP contribution in [-0.4, -0.2) is 35.6 Å². The summed E-state index contributed by atoms with van der Waals surface area (Å²) in [5.41, 5.74) is 6.39. The Labute approximate surface area is 178 Å². The van der Waals surface area contributed by atoms with Crippen molar-refractivity contribution in [2.75, 3.05) is 5.73 Å². The second-order valence-corrected chi connectivity index (χ2v) is 9.02. The lowest BCUT2D eigenvalue weighted by molar-refractivity contribution is -0.109. The summed E-state index contributed by atoms with van der Waals surface area (Å²) in [6.07, 6.45) is 0.882. The van der Waals surface area contributed by atoms with Gasteiger partial charge >= 0.3 is 0 Å². The minimum Gasteiger partial charge on any atom is -0.384 e. The van der Waals surface area contributed by atoms with Gasteiger partial charge in [-0.15, -0.1) is 0 Å². The summed E-state index contributed by atoms with van der Waals surface area (Å²) in [4.78, 5) is 13.1. The molecule has 8 nitrogen and oxygen atoms in total. The van der Waals surface area contributed by atoms with Crippen LogP contribution in [0.3, 0.4) is 0 Å². The Morgan fingerprint density at radius 2 is 1.87 bits per heavy atom. The van der Waals surface area contributed by atoms with E-state index in [1.165, 1.54) is 4.68 Å². The van der Waals surface area contributed by atoms with Gasteiger partial charge < -0.3 is 15.4 Å². The highest BCUT2D eigenvalue weighted by Gasteiger charge is 2.44. The smallest absolute Gasteiger partial charge is 0.264 e. The first kappa shape index (κ1) is 21.5. The van der Waals surface area contributed by atoms with E-state index in [-0.39, 0.29) is 54.4 Å². The number of hydrogen-bond donors (Lipinski definition) is 3. The van der Waals surface area contributed by atoms with E-state index in [1.54, 1.807) is 23.9 Å². The van der Waals surface area contributed by atoms with Crippen LogP contribution >= 0.6 is 0 Å². The molecule has 1 saturated carbocycles. The molecule has 0 radical (unpaired) electrons. The number of pyridine rings is 1. The first-order valence-corrected chi connectivity index (χ1v) is 10.5. The van der Waals surface area contributed by atoms with Crippen LogP contribution in [0, 0.1) is 5.92 Å². The molecule has 0 bridgehead atoms. The minimum atomic E-state index is -2.75. The van der Waals surface area contributed by atoms with Gasteiger partial charge in [0.25, 0.3) is 5.56 Å². The Morgan fingerprint density at radius 3 is 2.48 bits per heavy atom. The average Bonchev–Trinajstić information content (AvgIpc) is 3.28. The number of alkyl halides is 2. The van der Waals surface area contributed by atoms with Gasteiger partial charge in [-0.25, -0.2) is 8.78 Å². The van der Waals surface area contributed by atoms with Gasteiger partial charge in [-0.1, -0.05) is 13.8 Å². The van der Waals surface area contributed by atoms with Gasteiger partial charge in [0.05, 0.1) is 16.9 Å². The fourth-order valence-electron chi connectivity index (χ4n) is 4.30. The van der Waals surface area contributed by atoms with Crippen molar-refractivity contribution in [3.63, 3.8) is 0 Å². The second-order valence-electron chi connectivity index (χ2n) is 9.02. The standard InChI is InChI=1S/C21H28F2N6O2/c1-11(2)12(3)29-10-13(17-16(19(29)30)18(24)26-25-17)14-9-15(28(4)27-14)20(31)5-7-21(22,23)8-6-20/h9-12,31H,5-8H2,1-4H3,(H3,24,25,26)/t12-/m0/s1. The molecule has 0 unspecified atom stereocenters. The topological polar surface area (TPSA) is 115 Å². The molecule has 4 rings (SSSR count). The van der Waals surface area contributed by atoms with Gasteiger partial charge in [-0.2, -0.15) is 10.2 Å². The van der Waals surface area contributed by atoms with Crippen LogP contribution in [0.5, 0.6) is 0 Å². The van der Waals surface area contributed by atoms with E-state index < -0.39 is 11.5 Å². The summed E-state index contributed by atoms with van der Waals surface area (Å²) >= 11 is 0. The second kappa shape index (κ2) is 7.15. The molecule has 4 N–H and O–H groups in total. The van der Waals surface area contributed by atoms with Crippen LogP contribution in [0.1, 0.15) is 58.2 Å². The molecule has 3 aromatic rings. The van der Waals surface area contributed by atoms with Crippen molar-refractivity contribution in [2.24, 2.45) is 13.0 Å². The maximum atomic E-state index is 13.6. The average molecular weight is 434 g/mol. The molecule has 0 saturated heterocycles. The fraction of sp³-hybridized carbons (Fsp3) is 0.571. The summed E-state index contributed by atoms with van der Waals surface area (Å²) in [7, 11) is 1.68. The Kier molecular flexibility index (Phi) is 4.95. The zero-order valence-corrected chi connectivity index (χ0v) is 18.1. The third kappa shape index (κ3) is 3.52. The highest BCUT2D eigenvalue weighted by Crippen LogP contribution is 2.44. The number of nitrogens with two attached hydrogens (primary N) is 1. The molecule has 1 atom stereocenters. The predicted molar refractivity (Wildman–Crippen MR) is 114 cm³/mol. The number of anilines is 1. The van der Waals surface area contributed by atoms with Crippen molar-refractivity contribution >= 4 is 16.7 Å². The monoisotopic (exact) mass is 434 g/mol. The molecule has 10 heteroatoms. The van der Waals surface area contributed by atoms with E-state index in [0.717, 1.165) is 0 Å². The molecule has 0 aliphatic heterocycles. The van der Waals surface area contributed by atoms with Crippen LogP contribution in [0.4, 0.5) is 14.6 Å². The zero-order valence-electron chi connectivity index (χ0n) is 18.1. The normalized spacial score (nSPS) is 19.2. The molecule has 3 aromatic heterocycles. The van der Waals surface area contributed by atoms with E-state index in [4.69, 9.17) is 5.73 Å². The van der Waals surface area contributed by atoms with E-state index in [1.807, 2.05) is 20.8 Å². The quantitative estimate of drug-likeness (QED) is 0.583. The molecule has 1 aliphatic rings.